The van der Waals surface area contributed by atoms with E-state index in [2.05, 4.69) is 21.0 Å². The van der Waals surface area contributed by atoms with Crippen molar-refractivity contribution in [3.8, 4) is 0 Å². The van der Waals surface area contributed by atoms with E-state index < -0.39 is 5.97 Å². The van der Waals surface area contributed by atoms with Gasteiger partial charge in [0.2, 0.25) is 0 Å². The molecule has 0 spiro atoms. The lowest BCUT2D eigenvalue weighted by Gasteiger charge is -2.10. The van der Waals surface area contributed by atoms with Crippen LogP contribution in [0.1, 0.15) is 23.0 Å². The summed E-state index contributed by atoms with van der Waals surface area (Å²) < 4.78 is 6.96. The van der Waals surface area contributed by atoms with Crippen LogP contribution in [-0.2, 0) is 22.5 Å². The molecule has 0 fully saturated rings. The molecule has 6 nitrogen and oxygen atoms in total. The first-order valence-electron chi connectivity index (χ1n) is 8.42. The first-order chi connectivity index (χ1) is 13.0. The van der Waals surface area contributed by atoms with E-state index in [9.17, 15) is 14.4 Å². The number of fused-ring (bicyclic) bond motifs is 1. The molecule has 0 aliphatic carbocycles. The van der Waals surface area contributed by atoms with Crippen molar-refractivity contribution in [1.29, 1.82) is 0 Å². The second kappa shape index (κ2) is 8.26. The number of aromatic nitrogens is 2. The summed E-state index contributed by atoms with van der Waals surface area (Å²) in [6, 6.07) is 13.8. The Morgan fingerprint density at radius 1 is 1.07 bits per heavy atom. The van der Waals surface area contributed by atoms with Gasteiger partial charge in [0.15, 0.2) is 5.78 Å². The monoisotopic (exact) mass is 428 g/mol. The van der Waals surface area contributed by atoms with Crippen LogP contribution < -0.4 is 5.56 Å². The highest BCUT2D eigenvalue weighted by Crippen LogP contribution is 2.15. The predicted molar refractivity (Wildman–Crippen MR) is 105 cm³/mol. The number of carbonyl (C=O) groups excluding carboxylic acids is 2. The van der Waals surface area contributed by atoms with Crippen LogP contribution >= 0.6 is 15.9 Å². The second-order valence-corrected chi connectivity index (χ2v) is 6.78. The molecule has 1 aromatic heterocycles. The number of hydrogen-bond acceptors (Lipinski definition) is 5. The van der Waals surface area contributed by atoms with Crippen molar-refractivity contribution in [3.63, 3.8) is 0 Å². The zero-order valence-electron chi connectivity index (χ0n) is 14.6. The van der Waals surface area contributed by atoms with Crippen LogP contribution in [0.25, 0.3) is 10.8 Å². The van der Waals surface area contributed by atoms with Gasteiger partial charge in [-0.05, 0) is 25.1 Å². The molecule has 7 heteroatoms. The molecule has 0 amide bonds. The second-order valence-electron chi connectivity index (χ2n) is 5.87. The highest BCUT2D eigenvalue weighted by molar-refractivity contribution is 9.10. The molecule has 0 aliphatic heterocycles. The van der Waals surface area contributed by atoms with Gasteiger partial charge < -0.3 is 4.74 Å². The molecular weight excluding hydrogens is 412 g/mol. The molecule has 27 heavy (non-hydrogen) atoms. The molecule has 0 radical (unpaired) electrons. The maximum absolute atomic E-state index is 12.7. The van der Waals surface area contributed by atoms with Crippen LogP contribution in [0.3, 0.4) is 0 Å². The van der Waals surface area contributed by atoms with Gasteiger partial charge in [0.05, 0.1) is 24.1 Å². The maximum atomic E-state index is 12.7. The number of Topliss-reactive ketones (excluding diaryl/α,β-unsaturated/α-hetero) is 1. The van der Waals surface area contributed by atoms with Crippen LogP contribution in [0.5, 0.6) is 0 Å². The van der Waals surface area contributed by atoms with Crippen molar-refractivity contribution < 1.29 is 14.3 Å². The van der Waals surface area contributed by atoms with Crippen molar-refractivity contribution in [2.24, 2.45) is 0 Å². The SMILES string of the molecule is CCOC(=O)Cc1nn(CC(=O)c2ccc(Br)cc2)c(=O)c2ccccc12. The third-order valence-electron chi connectivity index (χ3n) is 4.02. The summed E-state index contributed by atoms with van der Waals surface area (Å²) in [7, 11) is 0. The topological polar surface area (TPSA) is 78.3 Å². The first-order valence-corrected chi connectivity index (χ1v) is 9.22. The number of hydrogen-bond donors (Lipinski definition) is 0. The molecule has 0 N–H and O–H groups in total. The van der Waals surface area contributed by atoms with Crippen LogP contribution in [0.15, 0.2) is 57.8 Å². The van der Waals surface area contributed by atoms with Crippen LogP contribution in [0, 0.1) is 0 Å². The Labute approximate surface area is 163 Å². The smallest absolute Gasteiger partial charge is 0.311 e. The molecule has 3 rings (SSSR count). The fraction of sp³-hybridized carbons (Fsp3) is 0.200. The quantitative estimate of drug-likeness (QED) is 0.445. The number of esters is 1. The highest BCUT2D eigenvalue weighted by Gasteiger charge is 2.16. The molecular formula is C20H17BrN2O4. The minimum atomic E-state index is -0.431. The zero-order valence-corrected chi connectivity index (χ0v) is 16.2. The van der Waals surface area contributed by atoms with E-state index in [0.717, 1.165) is 9.15 Å². The summed E-state index contributed by atoms with van der Waals surface area (Å²) in [4.78, 5) is 37.2. The zero-order chi connectivity index (χ0) is 19.4. The summed E-state index contributed by atoms with van der Waals surface area (Å²) in [6.45, 7) is 1.78. The Morgan fingerprint density at radius 3 is 2.41 bits per heavy atom. The number of nitrogens with zero attached hydrogens (tertiary/aromatic N) is 2. The van der Waals surface area contributed by atoms with Gasteiger partial charge in [0.1, 0.15) is 6.54 Å². The average molecular weight is 429 g/mol. The number of benzene rings is 2. The average Bonchev–Trinajstić information content (AvgIpc) is 2.66. The Kier molecular flexibility index (Phi) is 5.81. The van der Waals surface area contributed by atoms with Crippen molar-refractivity contribution in [2.45, 2.75) is 19.9 Å². The summed E-state index contributed by atoms with van der Waals surface area (Å²) >= 11 is 3.32. The number of halogens is 1. The van der Waals surface area contributed by atoms with Gasteiger partial charge in [0.25, 0.3) is 5.56 Å². The largest absolute Gasteiger partial charge is 0.466 e. The summed E-state index contributed by atoms with van der Waals surface area (Å²) in [5.74, 6) is -0.672. The lowest BCUT2D eigenvalue weighted by molar-refractivity contribution is -0.142. The Bertz CT molecular complexity index is 1060. The van der Waals surface area contributed by atoms with Gasteiger partial charge in [-0.25, -0.2) is 4.68 Å². The number of ether oxygens (including phenoxy) is 1. The minimum Gasteiger partial charge on any atom is -0.466 e. The molecule has 3 aromatic rings. The van der Waals surface area contributed by atoms with Gasteiger partial charge in [0, 0.05) is 15.4 Å². The molecule has 0 atom stereocenters. The molecule has 138 valence electrons. The van der Waals surface area contributed by atoms with Crippen LogP contribution in [-0.4, -0.2) is 28.1 Å². The van der Waals surface area contributed by atoms with Crippen molar-refractivity contribution in [2.75, 3.05) is 6.61 Å². The molecule has 2 aromatic carbocycles. The van der Waals surface area contributed by atoms with Crippen molar-refractivity contribution in [3.05, 3.63) is 74.6 Å². The van der Waals surface area contributed by atoms with Crippen LogP contribution in [0.4, 0.5) is 0 Å². The van der Waals surface area contributed by atoms with E-state index in [4.69, 9.17) is 4.74 Å². The third kappa shape index (κ3) is 4.31. The third-order valence-corrected chi connectivity index (χ3v) is 4.55. The normalized spacial score (nSPS) is 10.7. The van der Waals surface area contributed by atoms with E-state index in [1.807, 2.05) is 0 Å². The lowest BCUT2D eigenvalue weighted by Crippen LogP contribution is -2.29. The molecule has 0 bridgehead atoms. The fourth-order valence-electron chi connectivity index (χ4n) is 2.75. The number of ketones is 1. The van der Waals surface area contributed by atoms with E-state index in [1.54, 1.807) is 55.5 Å². The molecule has 0 saturated carbocycles. The van der Waals surface area contributed by atoms with Gasteiger partial charge >= 0.3 is 5.97 Å². The molecule has 1 heterocycles. The standard InChI is InChI=1S/C20H17BrN2O4/c1-2-27-19(25)11-17-15-5-3-4-6-16(15)20(26)23(22-17)12-18(24)13-7-9-14(21)10-8-13/h3-10H,2,11-12H2,1H3. The van der Waals surface area contributed by atoms with E-state index in [1.165, 1.54) is 0 Å². The first kappa shape index (κ1) is 19.0. The minimum absolute atomic E-state index is 0.0683. The molecule has 0 aliphatic rings. The van der Waals surface area contributed by atoms with Crippen LogP contribution in [0.2, 0.25) is 0 Å². The number of carbonyl (C=O) groups is 2. The van der Waals surface area contributed by atoms with Gasteiger partial charge in [-0.3, -0.25) is 14.4 Å². The van der Waals surface area contributed by atoms with E-state index in [0.29, 0.717) is 22.0 Å². The highest BCUT2D eigenvalue weighted by atomic mass is 79.9. The fourth-order valence-corrected chi connectivity index (χ4v) is 3.02. The van der Waals surface area contributed by atoms with E-state index >= 15 is 0 Å². The van der Waals surface area contributed by atoms with Crippen molar-refractivity contribution in [1.82, 2.24) is 9.78 Å². The van der Waals surface area contributed by atoms with Gasteiger partial charge in [-0.1, -0.05) is 46.3 Å². The Balaban J connectivity index is 2.00. The summed E-state index contributed by atoms with van der Waals surface area (Å²) in [5, 5.41) is 5.28. The lowest BCUT2D eigenvalue weighted by atomic mass is 10.1. The number of rotatable bonds is 6. The molecule has 0 saturated heterocycles. The van der Waals surface area contributed by atoms with E-state index in [-0.39, 0.29) is 30.9 Å². The predicted octanol–water partition coefficient (Wildman–Crippen LogP) is 3.15. The Morgan fingerprint density at radius 2 is 1.74 bits per heavy atom. The van der Waals surface area contributed by atoms with Gasteiger partial charge in [-0.2, -0.15) is 5.10 Å². The maximum Gasteiger partial charge on any atom is 0.311 e. The summed E-state index contributed by atoms with van der Waals surface area (Å²) in [5.41, 5.74) is 0.517. The molecule has 0 unspecified atom stereocenters. The van der Waals surface area contributed by atoms with Gasteiger partial charge in [-0.15, -0.1) is 0 Å². The summed E-state index contributed by atoms with van der Waals surface area (Å²) in [6.07, 6.45) is -0.0683. The Hall–Kier alpha value is -2.80. The van der Waals surface area contributed by atoms with Crippen molar-refractivity contribution >= 4 is 38.5 Å².